The van der Waals surface area contributed by atoms with Crippen LogP contribution in [0.1, 0.15) is 4.88 Å². The van der Waals surface area contributed by atoms with E-state index in [4.69, 9.17) is 11.6 Å². The molecule has 4 rings (SSSR count). The van der Waals surface area contributed by atoms with Crippen LogP contribution in [0.4, 0.5) is 5.69 Å². The lowest BCUT2D eigenvalue weighted by atomic mass is 10.2. The number of anilines is 1. The van der Waals surface area contributed by atoms with Crippen LogP contribution in [-0.2, 0) is 6.54 Å². The van der Waals surface area contributed by atoms with Gasteiger partial charge in [-0.2, -0.15) is 0 Å². The van der Waals surface area contributed by atoms with Crippen molar-refractivity contribution < 1.29 is 0 Å². The fourth-order valence-corrected chi connectivity index (χ4v) is 4.15. The third-order valence-electron chi connectivity index (χ3n) is 4.34. The van der Waals surface area contributed by atoms with E-state index < -0.39 is 0 Å². The van der Waals surface area contributed by atoms with Gasteiger partial charge >= 0.3 is 0 Å². The zero-order valence-electron chi connectivity index (χ0n) is 14.8. The molecule has 136 valence electrons. The van der Waals surface area contributed by atoms with Gasteiger partial charge in [0, 0.05) is 51.7 Å². The van der Waals surface area contributed by atoms with Crippen molar-refractivity contribution in [1.29, 1.82) is 0 Å². The smallest absolute Gasteiger partial charge is 0.0737 e. The lowest BCUT2D eigenvalue weighted by Crippen LogP contribution is -2.21. The number of benzene rings is 2. The summed E-state index contributed by atoms with van der Waals surface area (Å²) in [7, 11) is 0. The SMILES string of the molecule is Clc1ccc2c(NCCNCc3ccc(-c4ccccc4)s3)ccnc2c1. The molecule has 0 radical (unpaired) electrons. The van der Waals surface area contributed by atoms with Gasteiger partial charge in [0.2, 0.25) is 0 Å². The second kappa shape index (κ2) is 8.53. The molecule has 0 amide bonds. The highest BCUT2D eigenvalue weighted by atomic mass is 35.5. The summed E-state index contributed by atoms with van der Waals surface area (Å²) in [6.45, 7) is 2.61. The maximum absolute atomic E-state index is 6.05. The summed E-state index contributed by atoms with van der Waals surface area (Å²) in [5.41, 5.74) is 3.27. The van der Waals surface area contributed by atoms with Crippen molar-refractivity contribution in [3.8, 4) is 10.4 Å². The van der Waals surface area contributed by atoms with E-state index in [1.165, 1.54) is 15.3 Å². The second-order valence-electron chi connectivity index (χ2n) is 6.26. The van der Waals surface area contributed by atoms with E-state index in [-0.39, 0.29) is 0 Å². The Kier molecular flexibility index (Phi) is 5.68. The average Bonchev–Trinajstić information content (AvgIpc) is 3.17. The number of hydrogen-bond acceptors (Lipinski definition) is 4. The predicted molar refractivity (Wildman–Crippen MR) is 117 cm³/mol. The summed E-state index contributed by atoms with van der Waals surface area (Å²) in [4.78, 5) is 7.03. The van der Waals surface area contributed by atoms with Crippen LogP contribution in [0.25, 0.3) is 21.3 Å². The molecule has 0 saturated heterocycles. The first-order valence-electron chi connectivity index (χ1n) is 8.92. The van der Waals surface area contributed by atoms with E-state index in [0.717, 1.165) is 36.2 Å². The van der Waals surface area contributed by atoms with Gasteiger partial charge in [-0.15, -0.1) is 11.3 Å². The van der Waals surface area contributed by atoms with Gasteiger partial charge in [-0.25, -0.2) is 0 Å². The van der Waals surface area contributed by atoms with E-state index >= 15 is 0 Å². The first-order valence-corrected chi connectivity index (χ1v) is 10.1. The van der Waals surface area contributed by atoms with Crippen molar-refractivity contribution >= 4 is 39.5 Å². The topological polar surface area (TPSA) is 37.0 Å². The number of halogens is 1. The van der Waals surface area contributed by atoms with Crippen LogP contribution in [0.3, 0.4) is 0 Å². The number of fused-ring (bicyclic) bond motifs is 1. The molecule has 0 spiro atoms. The first kappa shape index (κ1) is 18.0. The molecule has 5 heteroatoms. The number of rotatable bonds is 7. The maximum Gasteiger partial charge on any atom is 0.0737 e. The van der Waals surface area contributed by atoms with Crippen LogP contribution < -0.4 is 10.6 Å². The molecule has 0 fully saturated rings. The van der Waals surface area contributed by atoms with Gasteiger partial charge in [0.1, 0.15) is 0 Å². The molecule has 0 aliphatic carbocycles. The van der Waals surface area contributed by atoms with Gasteiger partial charge in [-0.3, -0.25) is 4.98 Å². The van der Waals surface area contributed by atoms with Crippen molar-refractivity contribution in [2.75, 3.05) is 18.4 Å². The molecule has 2 N–H and O–H groups in total. The van der Waals surface area contributed by atoms with Gasteiger partial charge in [0.05, 0.1) is 5.52 Å². The fraction of sp³-hybridized carbons (Fsp3) is 0.136. The number of hydrogen-bond donors (Lipinski definition) is 2. The van der Waals surface area contributed by atoms with Crippen molar-refractivity contribution in [1.82, 2.24) is 10.3 Å². The van der Waals surface area contributed by atoms with Gasteiger partial charge < -0.3 is 10.6 Å². The van der Waals surface area contributed by atoms with Crippen LogP contribution in [0.2, 0.25) is 5.02 Å². The Balaban J connectivity index is 1.28. The fourth-order valence-electron chi connectivity index (χ4n) is 3.00. The number of nitrogens with zero attached hydrogens (tertiary/aromatic N) is 1. The van der Waals surface area contributed by atoms with E-state index in [1.54, 1.807) is 0 Å². The highest BCUT2D eigenvalue weighted by Gasteiger charge is 2.04. The highest BCUT2D eigenvalue weighted by molar-refractivity contribution is 7.15. The predicted octanol–water partition coefficient (Wildman–Crippen LogP) is 5.82. The Hall–Kier alpha value is -2.40. The zero-order valence-corrected chi connectivity index (χ0v) is 16.4. The van der Waals surface area contributed by atoms with Crippen molar-refractivity contribution in [2.24, 2.45) is 0 Å². The number of thiophene rings is 1. The Labute approximate surface area is 168 Å². The zero-order chi connectivity index (χ0) is 18.5. The Morgan fingerprint density at radius 3 is 2.70 bits per heavy atom. The summed E-state index contributed by atoms with van der Waals surface area (Å²) in [5, 5.41) is 8.79. The Morgan fingerprint density at radius 1 is 0.926 bits per heavy atom. The minimum absolute atomic E-state index is 0.708. The molecule has 2 heterocycles. The van der Waals surface area contributed by atoms with Crippen molar-refractivity contribution in [3.05, 3.63) is 82.8 Å². The third kappa shape index (κ3) is 4.48. The van der Waals surface area contributed by atoms with Crippen molar-refractivity contribution in [2.45, 2.75) is 6.54 Å². The standard InChI is InChI=1S/C22H20ClN3S/c23-17-6-8-19-20(10-11-25-21(19)14-17)26-13-12-24-15-18-7-9-22(27-18)16-4-2-1-3-5-16/h1-11,14,24H,12-13,15H2,(H,25,26). The average molecular weight is 394 g/mol. The Morgan fingerprint density at radius 2 is 1.81 bits per heavy atom. The van der Waals surface area contributed by atoms with Crippen LogP contribution in [0, 0.1) is 0 Å². The summed E-state index contributed by atoms with van der Waals surface area (Å²) in [6, 6.07) is 22.7. The highest BCUT2D eigenvalue weighted by Crippen LogP contribution is 2.27. The molecular formula is C22H20ClN3S. The molecule has 2 aromatic heterocycles. The lowest BCUT2D eigenvalue weighted by Gasteiger charge is -2.10. The molecule has 0 atom stereocenters. The summed E-state index contributed by atoms with van der Waals surface area (Å²) in [5.74, 6) is 0. The molecule has 4 aromatic rings. The van der Waals surface area contributed by atoms with Gasteiger partial charge in [0.25, 0.3) is 0 Å². The second-order valence-corrected chi connectivity index (χ2v) is 7.86. The lowest BCUT2D eigenvalue weighted by molar-refractivity contribution is 0.714. The van der Waals surface area contributed by atoms with Crippen LogP contribution in [0.15, 0.2) is 72.9 Å². The summed E-state index contributed by atoms with van der Waals surface area (Å²) in [6.07, 6.45) is 1.81. The molecule has 0 unspecified atom stereocenters. The number of pyridine rings is 1. The molecule has 0 saturated carbocycles. The number of aromatic nitrogens is 1. The molecular weight excluding hydrogens is 374 g/mol. The van der Waals surface area contributed by atoms with Crippen LogP contribution in [0.5, 0.6) is 0 Å². The largest absolute Gasteiger partial charge is 0.383 e. The van der Waals surface area contributed by atoms with E-state index in [1.807, 2.05) is 47.9 Å². The van der Waals surface area contributed by atoms with E-state index in [0.29, 0.717) is 5.02 Å². The van der Waals surface area contributed by atoms with Gasteiger partial charge in [-0.05, 0) is 42.0 Å². The minimum Gasteiger partial charge on any atom is -0.383 e. The molecule has 0 aliphatic heterocycles. The summed E-state index contributed by atoms with van der Waals surface area (Å²) >= 11 is 7.89. The van der Waals surface area contributed by atoms with Crippen LogP contribution >= 0.6 is 22.9 Å². The van der Waals surface area contributed by atoms with E-state index in [2.05, 4.69) is 52.0 Å². The first-order chi connectivity index (χ1) is 13.3. The summed E-state index contributed by atoms with van der Waals surface area (Å²) < 4.78 is 0. The van der Waals surface area contributed by atoms with Crippen molar-refractivity contribution in [3.63, 3.8) is 0 Å². The van der Waals surface area contributed by atoms with E-state index in [9.17, 15) is 0 Å². The van der Waals surface area contributed by atoms with Gasteiger partial charge in [-0.1, -0.05) is 41.9 Å². The monoisotopic (exact) mass is 393 g/mol. The molecule has 0 aliphatic rings. The molecule has 2 aromatic carbocycles. The molecule has 3 nitrogen and oxygen atoms in total. The Bertz CT molecular complexity index is 1030. The van der Waals surface area contributed by atoms with Gasteiger partial charge in [0.15, 0.2) is 0 Å². The third-order valence-corrected chi connectivity index (χ3v) is 5.71. The molecule has 0 bridgehead atoms. The molecule has 27 heavy (non-hydrogen) atoms. The minimum atomic E-state index is 0.708. The number of nitrogens with one attached hydrogen (secondary N) is 2. The van der Waals surface area contributed by atoms with Crippen LogP contribution in [-0.4, -0.2) is 18.1 Å². The normalized spacial score (nSPS) is 11.0. The maximum atomic E-state index is 6.05. The quantitative estimate of drug-likeness (QED) is 0.388.